The molecule has 0 bridgehead atoms. The van der Waals surface area contributed by atoms with E-state index in [4.69, 9.17) is 4.74 Å². The maximum Gasteiger partial charge on any atom is 0.133 e. The van der Waals surface area contributed by atoms with E-state index in [9.17, 15) is 0 Å². The van der Waals surface area contributed by atoms with Crippen LogP contribution < -0.4 is 4.74 Å². The molecule has 0 N–H and O–H groups in total. The third-order valence-corrected chi connectivity index (χ3v) is 3.39. The summed E-state index contributed by atoms with van der Waals surface area (Å²) < 4.78 is 5.75. The molecule has 2 heteroatoms. The molecule has 0 spiro atoms. The fourth-order valence-corrected chi connectivity index (χ4v) is 2.21. The molecule has 80 valence electrons. The molecule has 1 aromatic heterocycles. The summed E-state index contributed by atoms with van der Waals surface area (Å²) in [5.41, 5.74) is 0.204. The number of ether oxygens (including phenoxy) is 1. The summed E-state index contributed by atoms with van der Waals surface area (Å²) in [5.74, 6) is 1.08. The third kappa shape index (κ3) is 3.02. The molecule has 0 amide bonds. The molecule has 1 heterocycles. The van der Waals surface area contributed by atoms with E-state index < -0.39 is 0 Å². The first kappa shape index (κ1) is 11.6. The Balaban J connectivity index is 2.63. The van der Waals surface area contributed by atoms with Gasteiger partial charge < -0.3 is 4.74 Å². The molecule has 0 aliphatic rings. The van der Waals surface area contributed by atoms with E-state index >= 15 is 0 Å². The van der Waals surface area contributed by atoms with Crippen LogP contribution in [0, 0.1) is 0 Å². The Morgan fingerprint density at radius 1 is 1.36 bits per heavy atom. The maximum absolute atomic E-state index is 5.75. The Morgan fingerprint density at radius 3 is 2.64 bits per heavy atom. The summed E-state index contributed by atoms with van der Waals surface area (Å²) >= 11 is 1.79. The quantitative estimate of drug-likeness (QED) is 0.679. The number of unbranched alkanes of at least 4 members (excludes halogenated alkanes) is 1. The zero-order valence-corrected chi connectivity index (χ0v) is 10.4. The van der Waals surface area contributed by atoms with Crippen LogP contribution in [0.4, 0.5) is 0 Å². The second kappa shape index (κ2) is 4.83. The van der Waals surface area contributed by atoms with Crippen molar-refractivity contribution in [3.05, 3.63) is 16.3 Å². The van der Waals surface area contributed by atoms with Crippen molar-refractivity contribution >= 4 is 11.3 Å². The van der Waals surface area contributed by atoms with Gasteiger partial charge in [0.05, 0.1) is 11.5 Å². The van der Waals surface area contributed by atoms with Crippen LogP contribution >= 0.6 is 11.3 Å². The van der Waals surface area contributed by atoms with E-state index in [-0.39, 0.29) is 5.41 Å². The lowest BCUT2D eigenvalue weighted by Crippen LogP contribution is -2.11. The van der Waals surface area contributed by atoms with E-state index in [1.54, 1.807) is 11.3 Å². The fraction of sp³-hybridized carbons (Fsp3) is 0.667. The highest BCUT2D eigenvalue weighted by molar-refractivity contribution is 7.10. The van der Waals surface area contributed by atoms with Gasteiger partial charge in [0.15, 0.2) is 0 Å². The molecule has 0 aliphatic heterocycles. The predicted molar refractivity (Wildman–Crippen MR) is 63.4 cm³/mol. The van der Waals surface area contributed by atoms with Gasteiger partial charge in [-0.25, -0.2) is 0 Å². The molecule has 1 rings (SSSR count). The summed E-state index contributed by atoms with van der Waals surface area (Å²) in [6.45, 7) is 9.71. The Labute approximate surface area is 91.1 Å². The van der Waals surface area contributed by atoms with Crippen molar-refractivity contribution in [3.8, 4) is 5.75 Å². The Bertz CT molecular complexity index is 270. The second-order valence-corrected chi connectivity index (χ2v) is 5.48. The summed E-state index contributed by atoms with van der Waals surface area (Å²) in [6.07, 6.45) is 2.33. The Hall–Kier alpha value is -0.500. The summed E-state index contributed by atoms with van der Waals surface area (Å²) in [7, 11) is 0. The summed E-state index contributed by atoms with van der Waals surface area (Å²) in [5, 5.41) is 2.11. The molecular weight excluding hydrogens is 192 g/mol. The summed E-state index contributed by atoms with van der Waals surface area (Å²) in [4.78, 5) is 1.36. The van der Waals surface area contributed by atoms with E-state index in [1.807, 2.05) is 0 Å². The highest BCUT2D eigenvalue weighted by Gasteiger charge is 2.20. The van der Waals surface area contributed by atoms with Crippen molar-refractivity contribution < 1.29 is 4.74 Å². The number of rotatable bonds is 4. The van der Waals surface area contributed by atoms with Crippen LogP contribution in [0.25, 0.3) is 0 Å². The highest BCUT2D eigenvalue weighted by atomic mass is 32.1. The van der Waals surface area contributed by atoms with Gasteiger partial charge in [-0.3, -0.25) is 0 Å². The van der Waals surface area contributed by atoms with Crippen molar-refractivity contribution in [2.24, 2.45) is 0 Å². The number of hydrogen-bond acceptors (Lipinski definition) is 2. The molecular formula is C12H20OS. The maximum atomic E-state index is 5.75. The van der Waals surface area contributed by atoms with E-state index in [0.717, 1.165) is 18.8 Å². The average molecular weight is 212 g/mol. The van der Waals surface area contributed by atoms with Gasteiger partial charge in [-0.05, 0) is 23.3 Å². The minimum atomic E-state index is 0.204. The smallest absolute Gasteiger partial charge is 0.133 e. The Morgan fingerprint density at radius 2 is 2.07 bits per heavy atom. The molecule has 0 aliphatic carbocycles. The van der Waals surface area contributed by atoms with Crippen molar-refractivity contribution in [2.45, 2.75) is 46.0 Å². The van der Waals surface area contributed by atoms with Crippen molar-refractivity contribution in [2.75, 3.05) is 6.61 Å². The van der Waals surface area contributed by atoms with Gasteiger partial charge in [0.25, 0.3) is 0 Å². The van der Waals surface area contributed by atoms with Gasteiger partial charge in [0.1, 0.15) is 5.75 Å². The first-order valence-electron chi connectivity index (χ1n) is 5.26. The van der Waals surface area contributed by atoms with Crippen LogP contribution in [0.5, 0.6) is 5.75 Å². The molecule has 0 unspecified atom stereocenters. The lowest BCUT2D eigenvalue weighted by atomic mass is 9.94. The third-order valence-electron chi connectivity index (χ3n) is 2.07. The minimum Gasteiger partial charge on any atom is -0.492 e. The van der Waals surface area contributed by atoms with Gasteiger partial charge in [-0.1, -0.05) is 34.1 Å². The molecule has 0 atom stereocenters. The molecule has 14 heavy (non-hydrogen) atoms. The molecule has 0 radical (unpaired) electrons. The SMILES string of the molecule is CCCCOc1ccsc1C(C)(C)C. The van der Waals surface area contributed by atoms with E-state index in [1.165, 1.54) is 11.3 Å². The van der Waals surface area contributed by atoms with Crippen LogP contribution in [-0.4, -0.2) is 6.61 Å². The van der Waals surface area contributed by atoms with Gasteiger partial charge in [-0.15, -0.1) is 11.3 Å². The largest absolute Gasteiger partial charge is 0.492 e. The monoisotopic (exact) mass is 212 g/mol. The Kier molecular flexibility index (Phi) is 3.99. The van der Waals surface area contributed by atoms with Crippen molar-refractivity contribution in [3.63, 3.8) is 0 Å². The topological polar surface area (TPSA) is 9.23 Å². The van der Waals surface area contributed by atoms with Crippen LogP contribution in [-0.2, 0) is 5.41 Å². The van der Waals surface area contributed by atoms with Crippen LogP contribution in [0.3, 0.4) is 0 Å². The first-order chi connectivity index (χ1) is 6.55. The van der Waals surface area contributed by atoms with Crippen LogP contribution in [0.2, 0.25) is 0 Å². The summed E-state index contributed by atoms with van der Waals surface area (Å²) in [6, 6.07) is 2.08. The van der Waals surface area contributed by atoms with Crippen molar-refractivity contribution in [1.82, 2.24) is 0 Å². The molecule has 1 nitrogen and oxygen atoms in total. The van der Waals surface area contributed by atoms with Crippen molar-refractivity contribution in [1.29, 1.82) is 0 Å². The fourth-order valence-electron chi connectivity index (χ4n) is 1.28. The molecule has 1 aromatic rings. The zero-order valence-electron chi connectivity index (χ0n) is 9.59. The molecule has 0 fully saturated rings. The number of hydrogen-bond donors (Lipinski definition) is 0. The standard InChI is InChI=1S/C12H20OS/c1-5-6-8-13-10-7-9-14-11(10)12(2,3)4/h7,9H,5-6,8H2,1-4H3. The van der Waals surface area contributed by atoms with Crippen LogP contribution in [0.1, 0.15) is 45.4 Å². The average Bonchev–Trinajstić information content (AvgIpc) is 2.52. The number of thiophene rings is 1. The molecule has 0 aromatic carbocycles. The van der Waals surface area contributed by atoms with Gasteiger partial charge in [0.2, 0.25) is 0 Å². The zero-order chi connectivity index (χ0) is 10.6. The minimum absolute atomic E-state index is 0.204. The lowest BCUT2D eigenvalue weighted by molar-refractivity contribution is 0.303. The van der Waals surface area contributed by atoms with E-state index in [0.29, 0.717) is 0 Å². The normalized spacial score (nSPS) is 11.7. The van der Waals surface area contributed by atoms with Gasteiger partial charge >= 0.3 is 0 Å². The van der Waals surface area contributed by atoms with Gasteiger partial charge in [-0.2, -0.15) is 0 Å². The first-order valence-corrected chi connectivity index (χ1v) is 6.14. The highest BCUT2D eigenvalue weighted by Crippen LogP contribution is 2.36. The van der Waals surface area contributed by atoms with E-state index in [2.05, 4.69) is 39.1 Å². The predicted octanol–water partition coefficient (Wildman–Crippen LogP) is 4.22. The van der Waals surface area contributed by atoms with Gasteiger partial charge in [0, 0.05) is 0 Å². The molecule has 0 saturated heterocycles. The second-order valence-electron chi connectivity index (χ2n) is 4.57. The molecule has 0 saturated carbocycles. The lowest BCUT2D eigenvalue weighted by Gasteiger charge is -2.18. The van der Waals surface area contributed by atoms with Crippen LogP contribution in [0.15, 0.2) is 11.4 Å².